The highest BCUT2D eigenvalue weighted by Crippen LogP contribution is 2.30. The Morgan fingerprint density at radius 1 is 1.06 bits per heavy atom. The summed E-state index contributed by atoms with van der Waals surface area (Å²) in [4.78, 5) is 0. The molecule has 0 aliphatic rings. The van der Waals surface area contributed by atoms with E-state index in [4.69, 9.17) is 16.3 Å². The number of hydrogen-bond acceptors (Lipinski definition) is 1. The minimum absolute atomic E-state index is 0.258. The lowest BCUT2D eigenvalue weighted by atomic mass is 9.82. The molecular weight excluding hydrogens is 232 g/mol. The fourth-order valence-electron chi connectivity index (χ4n) is 2.23. The van der Waals surface area contributed by atoms with E-state index in [2.05, 4.69) is 20.8 Å². The van der Waals surface area contributed by atoms with Crippen LogP contribution in [-0.2, 0) is 4.74 Å². The Kier molecular flexibility index (Phi) is 10.3. The van der Waals surface area contributed by atoms with Crippen LogP contribution in [-0.4, -0.2) is 18.6 Å². The van der Waals surface area contributed by atoms with Gasteiger partial charge in [0.05, 0.1) is 6.10 Å². The first-order valence-electron chi connectivity index (χ1n) is 7.23. The molecule has 0 rings (SSSR count). The molecule has 0 amide bonds. The van der Waals surface area contributed by atoms with Crippen LogP contribution in [0.5, 0.6) is 0 Å². The number of halogens is 1. The maximum atomic E-state index is 5.87. The van der Waals surface area contributed by atoms with E-state index < -0.39 is 0 Å². The van der Waals surface area contributed by atoms with Gasteiger partial charge in [0, 0.05) is 12.5 Å². The highest BCUT2D eigenvalue weighted by molar-refractivity contribution is 6.18. The standard InChI is InChI=1S/C15H31ClO/c1-5-7-8-11-15(3,4)12-9-10-14(13-16)17-6-2/h14H,5-13H2,1-4H3. The Morgan fingerprint density at radius 2 is 1.71 bits per heavy atom. The van der Waals surface area contributed by atoms with E-state index in [-0.39, 0.29) is 6.10 Å². The Labute approximate surface area is 113 Å². The van der Waals surface area contributed by atoms with Gasteiger partial charge in [0.2, 0.25) is 0 Å². The van der Waals surface area contributed by atoms with Crippen LogP contribution < -0.4 is 0 Å². The molecule has 0 bridgehead atoms. The van der Waals surface area contributed by atoms with Crippen molar-refractivity contribution < 1.29 is 4.74 Å². The summed E-state index contributed by atoms with van der Waals surface area (Å²) in [5, 5.41) is 0. The van der Waals surface area contributed by atoms with Crippen LogP contribution in [0, 0.1) is 5.41 Å². The summed E-state index contributed by atoms with van der Waals surface area (Å²) in [5.41, 5.74) is 0.484. The average molecular weight is 263 g/mol. The van der Waals surface area contributed by atoms with Crippen LogP contribution in [0.3, 0.4) is 0 Å². The van der Waals surface area contributed by atoms with E-state index in [1.807, 2.05) is 6.92 Å². The summed E-state index contributed by atoms with van der Waals surface area (Å²) in [7, 11) is 0. The molecule has 0 aliphatic heterocycles. The molecule has 0 heterocycles. The third-order valence-electron chi connectivity index (χ3n) is 3.41. The third-order valence-corrected chi connectivity index (χ3v) is 3.76. The lowest BCUT2D eigenvalue weighted by molar-refractivity contribution is 0.0682. The molecule has 0 spiro atoms. The fourth-order valence-corrected chi connectivity index (χ4v) is 2.47. The normalized spacial score (nSPS) is 13.9. The van der Waals surface area contributed by atoms with Crippen molar-refractivity contribution in [3.05, 3.63) is 0 Å². The molecule has 0 aliphatic carbocycles. The summed E-state index contributed by atoms with van der Waals surface area (Å²) in [6.45, 7) is 9.85. The van der Waals surface area contributed by atoms with Crippen molar-refractivity contribution in [2.24, 2.45) is 5.41 Å². The fraction of sp³-hybridized carbons (Fsp3) is 1.00. The first kappa shape index (κ1) is 17.2. The smallest absolute Gasteiger partial charge is 0.0710 e. The van der Waals surface area contributed by atoms with Crippen LogP contribution in [0.4, 0.5) is 0 Å². The van der Waals surface area contributed by atoms with Crippen molar-refractivity contribution in [3.63, 3.8) is 0 Å². The topological polar surface area (TPSA) is 9.23 Å². The minimum Gasteiger partial charge on any atom is -0.377 e. The predicted octanol–water partition coefficient (Wildman–Crippen LogP) is 5.41. The Hall–Kier alpha value is 0.250. The summed E-state index contributed by atoms with van der Waals surface area (Å²) in [6.07, 6.45) is 9.28. The number of rotatable bonds is 11. The van der Waals surface area contributed by atoms with Crippen LogP contribution >= 0.6 is 11.6 Å². The van der Waals surface area contributed by atoms with Crippen LogP contribution in [0.1, 0.15) is 72.6 Å². The lowest BCUT2D eigenvalue weighted by Crippen LogP contribution is -2.17. The van der Waals surface area contributed by atoms with Gasteiger partial charge in [-0.15, -0.1) is 11.6 Å². The first-order valence-corrected chi connectivity index (χ1v) is 7.76. The van der Waals surface area contributed by atoms with E-state index in [1.54, 1.807) is 0 Å². The minimum atomic E-state index is 0.258. The van der Waals surface area contributed by atoms with Gasteiger partial charge < -0.3 is 4.74 Å². The second kappa shape index (κ2) is 10.2. The second-order valence-electron chi connectivity index (χ2n) is 5.75. The van der Waals surface area contributed by atoms with E-state index in [0.717, 1.165) is 13.0 Å². The van der Waals surface area contributed by atoms with Crippen LogP contribution in [0.25, 0.3) is 0 Å². The molecule has 0 saturated carbocycles. The molecule has 0 aromatic carbocycles. The molecule has 104 valence electrons. The van der Waals surface area contributed by atoms with Gasteiger partial charge in [0.1, 0.15) is 0 Å². The number of unbranched alkanes of at least 4 members (excludes halogenated alkanes) is 2. The van der Waals surface area contributed by atoms with Crippen molar-refractivity contribution >= 4 is 11.6 Å². The van der Waals surface area contributed by atoms with E-state index in [9.17, 15) is 0 Å². The number of hydrogen-bond donors (Lipinski definition) is 0. The maximum absolute atomic E-state index is 5.87. The van der Waals surface area contributed by atoms with Gasteiger partial charge in [-0.1, -0.05) is 46.5 Å². The predicted molar refractivity (Wildman–Crippen MR) is 77.9 cm³/mol. The molecule has 1 unspecified atom stereocenters. The highest BCUT2D eigenvalue weighted by Gasteiger charge is 2.17. The summed E-state index contributed by atoms with van der Waals surface area (Å²) < 4.78 is 5.57. The quantitative estimate of drug-likeness (QED) is 0.357. The summed E-state index contributed by atoms with van der Waals surface area (Å²) in [5.74, 6) is 0.629. The summed E-state index contributed by atoms with van der Waals surface area (Å²) >= 11 is 5.87. The van der Waals surface area contributed by atoms with Crippen molar-refractivity contribution in [2.75, 3.05) is 12.5 Å². The monoisotopic (exact) mass is 262 g/mol. The molecule has 0 radical (unpaired) electrons. The molecule has 1 atom stereocenters. The van der Waals surface area contributed by atoms with Gasteiger partial charge in [0.25, 0.3) is 0 Å². The van der Waals surface area contributed by atoms with E-state index in [1.165, 1.54) is 38.5 Å². The molecule has 0 N–H and O–H groups in total. The van der Waals surface area contributed by atoms with Gasteiger partial charge in [-0.25, -0.2) is 0 Å². The van der Waals surface area contributed by atoms with Crippen LogP contribution in [0.2, 0.25) is 0 Å². The molecule has 0 aromatic rings. The Bertz CT molecular complexity index is 168. The van der Waals surface area contributed by atoms with E-state index in [0.29, 0.717) is 11.3 Å². The largest absolute Gasteiger partial charge is 0.377 e. The maximum Gasteiger partial charge on any atom is 0.0710 e. The number of alkyl halides is 1. The van der Waals surface area contributed by atoms with Crippen molar-refractivity contribution in [1.29, 1.82) is 0 Å². The highest BCUT2D eigenvalue weighted by atomic mass is 35.5. The second-order valence-corrected chi connectivity index (χ2v) is 6.05. The third kappa shape index (κ3) is 9.91. The SMILES string of the molecule is CCCCCC(C)(C)CCCC(CCl)OCC. The molecule has 0 aromatic heterocycles. The van der Waals surface area contributed by atoms with Crippen molar-refractivity contribution in [3.8, 4) is 0 Å². The van der Waals surface area contributed by atoms with Gasteiger partial charge in [-0.2, -0.15) is 0 Å². The lowest BCUT2D eigenvalue weighted by Gasteiger charge is -2.25. The molecule has 0 fully saturated rings. The Balaban J connectivity index is 3.68. The van der Waals surface area contributed by atoms with Crippen molar-refractivity contribution in [1.82, 2.24) is 0 Å². The molecule has 0 saturated heterocycles. The van der Waals surface area contributed by atoms with E-state index >= 15 is 0 Å². The molecular formula is C15H31ClO. The Morgan fingerprint density at radius 3 is 2.24 bits per heavy atom. The average Bonchev–Trinajstić information content (AvgIpc) is 2.28. The van der Waals surface area contributed by atoms with Crippen LogP contribution in [0.15, 0.2) is 0 Å². The van der Waals surface area contributed by atoms with Gasteiger partial charge >= 0.3 is 0 Å². The first-order chi connectivity index (χ1) is 8.05. The van der Waals surface area contributed by atoms with Crippen molar-refractivity contribution in [2.45, 2.75) is 78.7 Å². The zero-order valence-electron chi connectivity index (χ0n) is 12.2. The molecule has 17 heavy (non-hydrogen) atoms. The van der Waals surface area contributed by atoms with Gasteiger partial charge in [-0.3, -0.25) is 0 Å². The zero-order chi connectivity index (χ0) is 13.1. The summed E-state index contributed by atoms with van der Waals surface area (Å²) in [6, 6.07) is 0. The van der Waals surface area contributed by atoms with Gasteiger partial charge in [-0.05, 0) is 31.6 Å². The zero-order valence-corrected chi connectivity index (χ0v) is 13.0. The van der Waals surface area contributed by atoms with Gasteiger partial charge in [0.15, 0.2) is 0 Å². The molecule has 2 heteroatoms. The number of ether oxygens (including phenoxy) is 1. The molecule has 1 nitrogen and oxygen atoms in total.